The van der Waals surface area contributed by atoms with Crippen LogP contribution >= 0.6 is 0 Å². The van der Waals surface area contributed by atoms with E-state index in [1.165, 1.54) is 0 Å². The van der Waals surface area contributed by atoms with Gasteiger partial charge in [-0.1, -0.05) is 18.6 Å². The van der Waals surface area contributed by atoms with Crippen LogP contribution < -0.4 is 4.74 Å². The Bertz CT molecular complexity index is 331. The van der Waals surface area contributed by atoms with Crippen molar-refractivity contribution in [2.75, 3.05) is 6.61 Å². The Labute approximate surface area is 83.3 Å². The molecule has 76 valence electrons. The third-order valence-corrected chi connectivity index (χ3v) is 1.83. The molecule has 0 spiro atoms. The van der Waals surface area contributed by atoms with Crippen molar-refractivity contribution in [2.24, 2.45) is 0 Å². The molecule has 0 unspecified atom stereocenters. The normalized spacial score (nSPS) is 9.86. The average molecular weight is 194 g/mol. The predicted octanol–water partition coefficient (Wildman–Crippen LogP) is 2.48. The van der Waals surface area contributed by atoms with Crippen LogP contribution in [0.1, 0.15) is 29.3 Å². The highest BCUT2D eigenvalue weighted by molar-refractivity contribution is 5.91. The van der Waals surface area contributed by atoms with Crippen molar-refractivity contribution >= 4 is 5.97 Å². The molecule has 0 aliphatic rings. The number of ether oxygens (including phenoxy) is 1. The van der Waals surface area contributed by atoms with Crippen molar-refractivity contribution in [3.63, 3.8) is 0 Å². The van der Waals surface area contributed by atoms with Gasteiger partial charge in [-0.3, -0.25) is 0 Å². The molecule has 0 fully saturated rings. The van der Waals surface area contributed by atoms with Crippen molar-refractivity contribution in [1.29, 1.82) is 0 Å². The molecule has 1 rings (SSSR count). The highest BCUT2D eigenvalue weighted by atomic mass is 16.5. The summed E-state index contributed by atoms with van der Waals surface area (Å²) in [4.78, 5) is 10.9. The largest absolute Gasteiger partial charge is 0.493 e. The van der Waals surface area contributed by atoms with Crippen LogP contribution in [0.3, 0.4) is 0 Å². The maximum Gasteiger partial charge on any atom is 0.339 e. The minimum Gasteiger partial charge on any atom is -0.493 e. The lowest BCUT2D eigenvalue weighted by Crippen LogP contribution is -2.04. The monoisotopic (exact) mass is 194 g/mol. The van der Waals surface area contributed by atoms with Gasteiger partial charge in [-0.25, -0.2) is 4.79 Å². The van der Waals surface area contributed by atoms with E-state index in [2.05, 4.69) is 0 Å². The smallest absolute Gasteiger partial charge is 0.339 e. The molecule has 0 saturated carbocycles. The van der Waals surface area contributed by atoms with Gasteiger partial charge in [0.1, 0.15) is 11.3 Å². The molecule has 0 aromatic heterocycles. The first-order chi connectivity index (χ1) is 6.65. The summed E-state index contributed by atoms with van der Waals surface area (Å²) >= 11 is 0. The third kappa shape index (κ3) is 2.49. The van der Waals surface area contributed by atoms with E-state index in [9.17, 15) is 4.79 Å². The summed E-state index contributed by atoms with van der Waals surface area (Å²) < 4.78 is 5.32. The Morgan fingerprint density at radius 3 is 2.79 bits per heavy atom. The van der Waals surface area contributed by atoms with E-state index in [1.54, 1.807) is 12.1 Å². The number of carboxylic acid groups (broad SMARTS) is 1. The number of aromatic carboxylic acids is 1. The third-order valence-electron chi connectivity index (χ3n) is 1.83. The summed E-state index contributed by atoms with van der Waals surface area (Å²) in [5.41, 5.74) is 1.16. The zero-order valence-electron chi connectivity index (χ0n) is 8.41. The van der Waals surface area contributed by atoms with Crippen LogP contribution in [0.25, 0.3) is 0 Å². The van der Waals surface area contributed by atoms with Gasteiger partial charge in [0.25, 0.3) is 0 Å². The molecule has 0 heterocycles. The van der Waals surface area contributed by atoms with Gasteiger partial charge in [0, 0.05) is 0 Å². The summed E-state index contributed by atoms with van der Waals surface area (Å²) in [5, 5.41) is 8.91. The summed E-state index contributed by atoms with van der Waals surface area (Å²) in [6, 6.07) is 5.17. The van der Waals surface area contributed by atoms with E-state index in [0.717, 1.165) is 12.0 Å². The Morgan fingerprint density at radius 2 is 2.21 bits per heavy atom. The maximum absolute atomic E-state index is 10.9. The molecule has 3 nitrogen and oxygen atoms in total. The molecule has 0 aliphatic heterocycles. The minimum atomic E-state index is -0.945. The summed E-state index contributed by atoms with van der Waals surface area (Å²) in [6.07, 6.45) is 0.868. The second-order valence-electron chi connectivity index (χ2n) is 3.15. The fraction of sp³-hybridized carbons (Fsp3) is 0.364. The molecule has 1 N–H and O–H groups in total. The highest BCUT2D eigenvalue weighted by Gasteiger charge is 2.10. The number of hydrogen-bond donors (Lipinski definition) is 1. The average Bonchev–Trinajstić information content (AvgIpc) is 2.15. The molecule has 0 atom stereocenters. The van der Waals surface area contributed by atoms with Crippen molar-refractivity contribution < 1.29 is 14.6 Å². The zero-order chi connectivity index (χ0) is 10.6. The molecular formula is C11H14O3. The highest BCUT2D eigenvalue weighted by Crippen LogP contribution is 2.20. The lowest BCUT2D eigenvalue weighted by atomic mass is 10.1. The molecule has 14 heavy (non-hydrogen) atoms. The van der Waals surface area contributed by atoms with Gasteiger partial charge in [-0.15, -0.1) is 0 Å². The van der Waals surface area contributed by atoms with Crippen molar-refractivity contribution in [1.82, 2.24) is 0 Å². The molecule has 0 amide bonds. The number of rotatable bonds is 4. The molecule has 0 bridgehead atoms. The van der Waals surface area contributed by atoms with Gasteiger partial charge >= 0.3 is 5.97 Å². The van der Waals surface area contributed by atoms with Crippen LogP contribution in [-0.2, 0) is 0 Å². The van der Waals surface area contributed by atoms with E-state index in [1.807, 2.05) is 19.9 Å². The standard InChI is InChI=1S/C11H14O3/c1-3-6-14-10-5-4-8(2)7-9(10)11(12)13/h4-5,7H,3,6H2,1-2H3,(H,12,13). The van der Waals surface area contributed by atoms with Crippen LogP contribution in [0.2, 0.25) is 0 Å². The van der Waals surface area contributed by atoms with Crippen LogP contribution in [-0.4, -0.2) is 17.7 Å². The fourth-order valence-electron chi connectivity index (χ4n) is 1.15. The van der Waals surface area contributed by atoms with Crippen LogP contribution in [0.5, 0.6) is 5.75 Å². The number of benzene rings is 1. The maximum atomic E-state index is 10.9. The number of aryl methyl sites for hydroxylation is 1. The van der Waals surface area contributed by atoms with E-state index >= 15 is 0 Å². The second-order valence-corrected chi connectivity index (χ2v) is 3.15. The fourth-order valence-corrected chi connectivity index (χ4v) is 1.15. The summed E-state index contributed by atoms with van der Waals surface area (Å²) in [6.45, 7) is 4.38. The molecule has 0 aliphatic carbocycles. The van der Waals surface area contributed by atoms with Gasteiger partial charge in [0.15, 0.2) is 0 Å². The van der Waals surface area contributed by atoms with Crippen molar-refractivity contribution in [2.45, 2.75) is 20.3 Å². The molecule has 0 saturated heterocycles. The summed E-state index contributed by atoms with van der Waals surface area (Å²) in [5.74, 6) is -0.496. The Hall–Kier alpha value is -1.51. The number of carboxylic acids is 1. The molecular weight excluding hydrogens is 180 g/mol. The van der Waals surface area contributed by atoms with Gasteiger partial charge in [-0.05, 0) is 25.5 Å². The van der Waals surface area contributed by atoms with Crippen LogP contribution in [0.15, 0.2) is 18.2 Å². The topological polar surface area (TPSA) is 46.5 Å². The molecule has 1 aromatic rings. The summed E-state index contributed by atoms with van der Waals surface area (Å²) in [7, 11) is 0. The first-order valence-electron chi connectivity index (χ1n) is 4.62. The van der Waals surface area contributed by atoms with Gasteiger partial charge < -0.3 is 9.84 Å². The van der Waals surface area contributed by atoms with E-state index in [-0.39, 0.29) is 5.56 Å². The van der Waals surface area contributed by atoms with E-state index < -0.39 is 5.97 Å². The predicted molar refractivity (Wildman–Crippen MR) is 53.9 cm³/mol. The number of carbonyl (C=O) groups is 1. The Kier molecular flexibility index (Phi) is 3.51. The lowest BCUT2D eigenvalue weighted by molar-refractivity contribution is 0.0692. The zero-order valence-corrected chi connectivity index (χ0v) is 8.41. The van der Waals surface area contributed by atoms with Gasteiger partial charge in [0.2, 0.25) is 0 Å². The SMILES string of the molecule is CCCOc1ccc(C)cc1C(=O)O. The molecule has 1 aromatic carbocycles. The van der Waals surface area contributed by atoms with Crippen molar-refractivity contribution in [3.05, 3.63) is 29.3 Å². The van der Waals surface area contributed by atoms with Crippen molar-refractivity contribution in [3.8, 4) is 5.75 Å². The van der Waals surface area contributed by atoms with Crippen LogP contribution in [0.4, 0.5) is 0 Å². The first kappa shape index (κ1) is 10.6. The molecule has 0 radical (unpaired) electrons. The second kappa shape index (κ2) is 4.65. The molecule has 3 heteroatoms. The Balaban J connectivity index is 2.96. The first-order valence-corrected chi connectivity index (χ1v) is 4.62. The minimum absolute atomic E-state index is 0.235. The van der Waals surface area contributed by atoms with Gasteiger partial charge in [-0.2, -0.15) is 0 Å². The quantitative estimate of drug-likeness (QED) is 0.800. The van der Waals surface area contributed by atoms with Crippen LogP contribution in [0, 0.1) is 6.92 Å². The van der Waals surface area contributed by atoms with E-state index in [4.69, 9.17) is 9.84 Å². The Morgan fingerprint density at radius 1 is 1.50 bits per heavy atom. The van der Waals surface area contributed by atoms with Gasteiger partial charge in [0.05, 0.1) is 6.61 Å². The van der Waals surface area contributed by atoms with E-state index in [0.29, 0.717) is 12.4 Å². The number of hydrogen-bond acceptors (Lipinski definition) is 2. The lowest BCUT2D eigenvalue weighted by Gasteiger charge is -2.08.